The second-order valence-corrected chi connectivity index (χ2v) is 13.7. The summed E-state index contributed by atoms with van der Waals surface area (Å²) in [6.45, 7) is 5.17. The monoisotopic (exact) mass is 769 g/mol. The number of unbranched alkanes of at least 4 members (excludes halogenated alkanes) is 4. The number of hydrogen-bond donors (Lipinski definition) is 3. The molecule has 0 radical (unpaired) electrons. The van der Waals surface area contributed by atoms with Gasteiger partial charge in [-0.15, -0.1) is 0 Å². The highest BCUT2D eigenvalue weighted by atomic mass is 16.7. The van der Waals surface area contributed by atoms with Crippen molar-refractivity contribution in [1.82, 2.24) is 0 Å². The first-order chi connectivity index (χ1) is 26.8. The number of esters is 2. The van der Waals surface area contributed by atoms with E-state index in [-0.39, 0.29) is 32.7 Å². The molecule has 1 saturated heterocycles. The molecular formula is C46H72O9. The van der Waals surface area contributed by atoms with Crippen molar-refractivity contribution >= 4 is 11.9 Å². The molecular weight excluding hydrogens is 696 g/mol. The van der Waals surface area contributed by atoms with Crippen LogP contribution in [0, 0.1) is 5.92 Å². The van der Waals surface area contributed by atoms with E-state index in [1.807, 2.05) is 18.2 Å². The van der Waals surface area contributed by atoms with Crippen molar-refractivity contribution < 1.29 is 43.9 Å². The number of carbonyl (C=O) groups is 2. The predicted octanol–water partition coefficient (Wildman–Crippen LogP) is 9.26. The standard InChI is InChI=1S/C46H72O9/c1-4-6-8-10-12-14-16-18-19-20-21-23-24-26-28-30-32-34-42(48)52-37-40(38-53-46-45(51)44(50)39(3)41(36-47)55-46)54-43(49)35-33-31-29-27-25-22-17-15-13-11-9-7-5-2/h6,8,12-15,18-19,21-23,25-26,28-29,31,39-41,44-47,50-51H,4-5,7,9-11,16-17,20,24,27,30,32-38H2,1-3H3/b8-6-,14-12-,15-13-,19-18-,23-21-,25-22-,28-26-,31-29-. The molecule has 0 aromatic rings. The molecule has 1 rings (SSSR count). The highest BCUT2D eigenvalue weighted by Crippen LogP contribution is 2.26. The van der Waals surface area contributed by atoms with Crippen molar-refractivity contribution in [1.29, 1.82) is 0 Å². The lowest BCUT2D eigenvalue weighted by molar-refractivity contribution is -0.293. The third-order valence-electron chi connectivity index (χ3n) is 8.86. The van der Waals surface area contributed by atoms with Crippen LogP contribution in [0.25, 0.3) is 0 Å². The first kappa shape index (κ1) is 49.7. The highest BCUT2D eigenvalue weighted by Gasteiger charge is 2.42. The molecule has 1 heterocycles. The summed E-state index contributed by atoms with van der Waals surface area (Å²) < 4.78 is 22.4. The Morgan fingerprint density at radius 3 is 1.65 bits per heavy atom. The van der Waals surface area contributed by atoms with Crippen molar-refractivity contribution in [2.75, 3.05) is 19.8 Å². The van der Waals surface area contributed by atoms with Crippen LogP contribution in [0.15, 0.2) is 97.2 Å². The Balaban J connectivity index is 2.47. The minimum atomic E-state index is -1.37. The smallest absolute Gasteiger partial charge is 0.306 e. The topological polar surface area (TPSA) is 132 Å². The molecule has 0 aromatic heterocycles. The fraction of sp³-hybridized carbons (Fsp3) is 0.609. The summed E-state index contributed by atoms with van der Waals surface area (Å²) in [5.74, 6) is -1.41. The van der Waals surface area contributed by atoms with Crippen LogP contribution in [0.2, 0.25) is 0 Å². The Morgan fingerprint density at radius 1 is 0.618 bits per heavy atom. The Labute approximate surface area is 332 Å². The van der Waals surface area contributed by atoms with Crippen molar-refractivity contribution in [3.05, 3.63) is 97.2 Å². The van der Waals surface area contributed by atoms with Crippen molar-refractivity contribution in [3.63, 3.8) is 0 Å². The van der Waals surface area contributed by atoms with E-state index >= 15 is 0 Å². The van der Waals surface area contributed by atoms with Gasteiger partial charge < -0.3 is 34.3 Å². The summed E-state index contributed by atoms with van der Waals surface area (Å²) in [7, 11) is 0. The number of hydrogen-bond acceptors (Lipinski definition) is 9. The molecule has 0 bridgehead atoms. The molecule has 310 valence electrons. The van der Waals surface area contributed by atoms with Gasteiger partial charge in [-0.1, -0.05) is 131 Å². The Bertz CT molecular complexity index is 1210. The Hall–Kier alpha value is -3.34. The van der Waals surface area contributed by atoms with E-state index in [1.165, 1.54) is 19.3 Å². The molecule has 1 fully saturated rings. The van der Waals surface area contributed by atoms with E-state index in [2.05, 4.69) is 92.8 Å². The first-order valence-electron chi connectivity index (χ1n) is 20.6. The molecule has 0 aliphatic carbocycles. The van der Waals surface area contributed by atoms with Gasteiger partial charge >= 0.3 is 11.9 Å². The lowest BCUT2D eigenvalue weighted by Gasteiger charge is -2.40. The maximum Gasteiger partial charge on any atom is 0.306 e. The molecule has 3 N–H and O–H groups in total. The summed E-state index contributed by atoms with van der Waals surface area (Å²) in [5.41, 5.74) is 0. The van der Waals surface area contributed by atoms with E-state index in [9.17, 15) is 24.9 Å². The van der Waals surface area contributed by atoms with Crippen LogP contribution in [0.5, 0.6) is 0 Å². The molecule has 1 aliphatic rings. The number of aliphatic hydroxyl groups excluding tert-OH is 3. The zero-order valence-electron chi connectivity index (χ0n) is 33.9. The molecule has 0 amide bonds. The summed E-state index contributed by atoms with van der Waals surface area (Å²) >= 11 is 0. The fourth-order valence-electron chi connectivity index (χ4n) is 5.46. The molecule has 6 atom stereocenters. The number of ether oxygens (including phenoxy) is 4. The van der Waals surface area contributed by atoms with Gasteiger partial charge in [-0.25, -0.2) is 0 Å². The van der Waals surface area contributed by atoms with Crippen molar-refractivity contribution in [3.8, 4) is 0 Å². The largest absolute Gasteiger partial charge is 0.462 e. The summed E-state index contributed by atoms with van der Waals surface area (Å²) in [6, 6.07) is 0. The van der Waals surface area contributed by atoms with Crippen LogP contribution in [-0.4, -0.2) is 77.8 Å². The quantitative estimate of drug-likeness (QED) is 0.0359. The number of aliphatic hydroxyl groups is 3. The van der Waals surface area contributed by atoms with Gasteiger partial charge in [0.2, 0.25) is 0 Å². The van der Waals surface area contributed by atoms with Gasteiger partial charge in [-0.05, 0) is 77.0 Å². The van der Waals surface area contributed by atoms with Crippen LogP contribution in [0.3, 0.4) is 0 Å². The number of rotatable bonds is 31. The summed E-state index contributed by atoms with van der Waals surface area (Å²) in [5, 5.41) is 30.5. The average molecular weight is 769 g/mol. The van der Waals surface area contributed by atoms with Gasteiger partial charge in [0, 0.05) is 18.8 Å². The normalized spacial score (nSPS) is 21.6. The third kappa shape index (κ3) is 27.0. The van der Waals surface area contributed by atoms with Gasteiger partial charge in [-0.2, -0.15) is 0 Å². The second-order valence-electron chi connectivity index (χ2n) is 13.7. The van der Waals surface area contributed by atoms with Gasteiger partial charge in [0.1, 0.15) is 12.7 Å². The molecule has 1 aliphatic heterocycles. The zero-order chi connectivity index (χ0) is 40.2. The molecule has 6 unspecified atom stereocenters. The average Bonchev–Trinajstić information content (AvgIpc) is 3.18. The van der Waals surface area contributed by atoms with Crippen LogP contribution < -0.4 is 0 Å². The van der Waals surface area contributed by atoms with E-state index in [0.29, 0.717) is 12.8 Å². The molecule has 0 saturated carbocycles. The SMILES string of the molecule is CC/C=C\C/C=C\C/C=C\C/C=C\C/C=C\CCCC(=O)OCC(COC1OC(CO)C(C)C(O)C1O)OC(=O)CC/C=C\C/C=C\C/C=C\CCCCC. The zero-order valence-corrected chi connectivity index (χ0v) is 33.9. The summed E-state index contributed by atoms with van der Waals surface area (Å²) in [4.78, 5) is 25.2. The summed E-state index contributed by atoms with van der Waals surface area (Å²) in [6.07, 6.45) is 42.0. The second kappa shape index (κ2) is 35.1. The molecule has 0 spiro atoms. The first-order valence-corrected chi connectivity index (χ1v) is 20.6. The minimum absolute atomic E-state index is 0.129. The fourth-order valence-corrected chi connectivity index (χ4v) is 5.46. The maximum atomic E-state index is 12.7. The van der Waals surface area contributed by atoms with E-state index in [0.717, 1.165) is 57.8 Å². The predicted molar refractivity (Wildman–Crippen MR) is 222 cm³/mol. The van der Waals surface area contributed by atoms with E-state index in [4.69, 9.17) is 18.9 Å². The van der Waals surface area contributed by atoms with Crippen LogP contribution in [-0.2, 0) is 28.5 Å². The molecule has 0 aromatic carbocycles. The number of allylic oxidation sites excluding steroid dienone is 16. The van der Waals surface area contributed by atoms with Gasteiger partial charge in [0.05, 0.1) is 25.4 Å². The van der Waals surface area contributed by atoms with Crippen LogP contribution >= 0.6 is 0 Å². The van der Waals surface area contributed by atoms with Crippen molar-refractivity contribution in [2.45, 2.75) is 154 Å². The van der Waals surface area contributed by atoms with Crippen molar-refractivity contribution in [2.24, 2.45) is 5.92 Å². The molecule has 9 nitrogen and oxygen atoms in total. The van der Waals surface area contributed by atoms with Gasteiger partial charge in [0.25, 0.3) is 0 Å². The number of carbonyl (C=O) groups excluding carboxylic acids is 2. The third-order valence-corrected chi connectivity index (χ3v) is 8.86. The van der Waals surface area contributed by atoms with Crippen LogP contribution in [0.4, 0.5) is 0 Å². The lowest BCUT2D eigenvalue weighted by atomic mass is 9.91. The van der Waals surface area contributed by atoms with E-state index < -0.39 is 48.6 Å². The van der Waals surface area contributed by atoms with Gasteiger partial charge in [-0.3, -0.25) is 9.59 Å². The Morgan fingerprint density at radius 2 is 1.13 bits per heavy atom. The minimum Gasteiger partial charge on any atom is -0.462 e. The lowest BCUT2D eigenvalue weighted by Crippen LogP contribution is -2.55. The highest BCUT2D eigenvalue weighted by molar-refractivity contribution is 5.70. The van der Waals surface area contributed by atoms with Crippen LogP contribution in [0.1, 0.15) is 124 Å². The molecule has 55 heavy (non-hydrogen) atoms. The maximum absolute atomic E-state index is 12.7. The Kier molecular flexibility index (Phi) is 31.7. The van der Waals surface area contributed by atoms with E-state index in [1.54, 1.807) is 6.92 Å². The van der Waals surface area contributed by atoms with Gasteiger partial charge in [0.15, 0.2) is 12.4 Å². The molecule has 9 heteroatoms.